The van der Waals surface area contributed by atoms with Crippen molar-refractivity contribution in [2.24, 2.45) is 5.92 Å². The topological polar surface area (TPSA) is 49.3 Å². The van der Waals surface area contributed by atoms with Gasteiger partial charge >= 0.3 is 5.97 Å². The monoisotopic (exact) mass is 197 g/mol. The van der Waals surface area contributed by atoms with Gasteiger partial charge < -0.3 is 10.4 Å². The van der Waals surface area contributed by atoms with Crippen molar-refractivity contribution in [2.45, 2.75) is 39.2 Å². The zero-order valence-electron chi connectivity index (χ0n) is 8.92. The number of nitrogens with one attached hydrogen (secondary N) is 1. The van der Waals surface area contributed by atoms with Gasteiger partial charge in [0.05, 0.1) is 0 Å². The molecule has 0 aromatic carbocycles. The van der Waals surface area contributed by atoms with E-state index in [0.717, 1.165) is 5.92 Å². The van der Waals surface area contributed by atoms with Gasteiger partial charge in [0.2, 0.25) is 0 Å². The second-order valence-electron chi connectivity index (χ2n) is 4.08. The van der Waals surface area contributed by atoms with Gasteiger partial charge in [-0.3, -0.25) is 0 Å². The molecule has 0 saturated heterocycles. The number of hydrogen-bond donors (Lipinski definition) is 2. The Kier molecular flexibility index (Phi) is 4.14. The normalized spacial score (nSPS) is 20.3. The van der Waals surface area contributed by atoms with Crippen molar-refractivity contribution in [2.75, 3.05) is 6.54 Å². The van der Waals surface area contributed by atoms with Crippen molar-refractivity contribution in [1.29, 1.82) is 0 Å². The molecule has 1 saturated carbocycles. The molecule has 80 valence electrons. The minimum absolute atomic E-state index is 0.415. The van der Waals surface area contributed by atoms with E-state index in [2.05, 4.69) is 12.2 Å². The molecule has 2 N–H and O–H groups in total. The number of hydrogen-bond acceptors (Lipinski definition) is 2. The standard InChI is InChI=1S/C11H19NO2/c1-8(11(13)14)6-7-12-9(2)10-4-3-5-10/h6,9-10,12H,3-5,7H2,1-2H3,(H,13,14)/b8-6-. The minimum atomic E-state index is -0.830. The molecule has 0 bridgehead atoms. The second kappa shape index (κ2) is 5.15. The summed E-state index contributed by atoms with van der Waals surface area (Å²) in [6.07, 6.45) is 5.71. The summed E-state index contributed by atoms with van der Waals surface area (Å²) in [6.45, 7) is 4.46. The van der Waals surface area contributed by atoms with E-state index in [1.54, 1.807) is 13.0 Å². The smallest absolute Gasteiger partial charge is 0.330 e. The number of aliphatic carboxylic acids is 1. The lowest BCUT2D eigenvalue weighted by Crippen LogP contribution is -2.37. The van der Waals surface area contributed by atoms with E-state index >= 15 is 0 Å². The van der Waals surface area contributed by atoms with Crippen LogP contribution in [0.5, 0.6) is 0 Å². The van der Waals surface area contributed by atoms with E-state index in [9.17, 15) is 4.79 Å². The predicted octanol–water partition coefficient (Wildman–Crippen LogP) is 1.80. The van der Waals surface area contributed by atoms with Crippen LogP contribution in [0.25, 0.3) is 0 Å². The molecule has 1 rings (SSSR count). The average molecular weight is 197 g/mol. The fourth-order valence-electron chi connectivity index (χ4n) is 1.59. The Labute approximate surface area is 85.2 Å². The Bertz CT molecular complexity index is 231. The molecular formula is C11H19NO2. The van der Waals surface area contributed by atoms with Gasteiger partial charge in [0.15, 0.2) is 0 Å². The van der Waals surface area contributed by atoms with Gasteiger partial charge in [0.25, 0.3) is 0 Å². The summed E-state index contributed by atoms with van der Waals surface area (Å²) in [7, 11) is 0. The highest BCUT2D eigenvalue weighted by atomic mass is 16.4. The molecule has 0 aromatic heterocycles. The SMILES string of the molecule is C/C(=C/CNC(C)C1CCC1)C(=O)O. The Balaban J connectivity index is 2.19. The average Bonchev–Trinajstić information content (AvgIpc) is 2.00. The molecule has 0 heterocycles. The molecule has 1 aliphatic rings. The van der Waals surface area contributed by atoms with Crippen molar-refractivity contribution in [3.63, 3.8) is 0 Å². The molecule has 14 heavy (non-hydrogen) atoms. The fraction of sp³-hybridized carbons (Fsp3) is 0.727. The van der Waals surface area contributed by atoms with Crippen LogP contribution in [-0.4, -0.2) is 23.7 Å². The fourth-order valence-corrected chi connectivity index (χ4v) is 1.59. The molecule has 3 heteroatoms. The summed E-state index contributed by atoms with van der Waals surface area (Å²) in [6, 6.07) is 0.515. The predicted molar refractivity (Wildman–Crippen MR) is 56.2 cm³/mol. The maximum absolute atomic E-state index is 10.5. The van der Waals surface area contributed by atoms with Gasteiger partial charge in [-0.25, -0.2) is 4.79 Å². The molecule has 0 radical (unpaired) electrons. The lowest BCUT2D eigenvalue weighted by Gasteiger charge is -2.31. The molecule has 1 fully saturated rings. The lowest BCUT2D eigenvalue weighted by molar-refractivity contribution is -0.132. The maximum Gasteiger partial charge on any atom is 0.330 e. The van der Waals surface area contributed by atoms with Crippen molar-refractivity contribution in [1.82, 2.24) is 5.32 Å². The molecule has 3 nitrogen and oxygen atoms in total. The summed E-state index contributed by atoms with van der Waals surface area (Å²) in [5.41, 5.74) is 0.415. The van der Waals surface area contributed by atoms with Gasteiger partial charge in [-0.2, -0.15) is 0 Å². The lowest BCUT2D eigenvalue weighted by atomic mass is 9.80. The highest BCUT2D eigenvalue weighted by Gasteiger charge is 2.22. The van der Waals surface area contributed by atoms with E-state index < -0.39 is 5.97 Å². The van der Waals surface area contributed by atoms with Crippen molar-refractivity contribution in [3.8, 4) is 0 Å². The van der Waals surface area contributed by atoms with Crippen molar-refractivity contribution >= 4 is 5.97 Å². The molecule has 0 aromatic rings. The first-order chi connectivity index (χ1) is 6.61. The number of carbonyl (C=O) groups is 1. The first-order valence-corrected chi connectivity index (χ1v) is 5.24. The summed E-state index contributed by atoms with van der Waals surface area (Å²) in [4.78, 5) is 10.5. The van der Waals surface area contributed by atoms with Crippen molar-refractivity contribution in [3.05, 3.63) is 11.6 Å². The van der Waals surface area contributed by atoms with Crippen LogP contribution >= 0.6 is 0 Å². The van der Waals surface area contributed by atoms with E-state index in [-0.39, 0.29) is 0 Å². The first-order valence-electron chi connectivity index (χ1n) is 5.24. The Hall–Kier alpha value is -0.830. The highest BCUT2D eigenvalue weighted by molar-refractivity contribution is 5.85. The summed E-state index contributed by atoms with van der Waals surface area (Å²) < 4.78 is 0. The van der Waals surface area contributed by atoms with E-state index in [4.69, 9.17) is 5.11 Å². The van der Waals surface area contributed by atoms with Crippen molar-refractivity contribution < 1.29 is 9.90 Å². The van der Waals surface area contributed by atoms with Crippen LogP contribution in [0, 0.1) is 5.92 Å². The molecule has 1 aliphatic carbocycles. The summed E-state index contributed by atoms with van der Waals surface area (Å²) in [5, 5.41) is 11.9. The van der Waals surface area contributed by atoms with E-state index in [1.807, 2.05) is 0 Å². The van der Waals surface area contributed by atoms with Crippen LogP contribution in [0.15, 0.2) is 11.6 Å². The van der Waals surface area contributed by atoms with E-state index in [0.29, 0.717) is 18.2 Å². The number of rotatable bonds is 5. The Morgan fingerprint density at radius 1 is 1.64 bits per heavy atom. The maximum atomic E-state index is 10.5. The van der Waals surface area contributed by atoms with Crippen LogP contribution in [0.1, 0.15) is 33.1 Å². The van der Waals surface area contributed by atoms with Crippen LogP contribution in [0.3, 0.4) is 0 Å². The highest BCUT2D eigenvalue weighted by Crippen LogP contribution is 2.29. The minimum Gasteiger partial charge on any atom is -0.478 e. The zero-order valence-corrected chi connectivity index (χ0v) is 8.92. The van der Waals surface area contributed by atoms with E-state index in [1.165, 1.54) is 19.3 Å². The van der Waals surface area contributed by atoms with Gasteiger partial charge in [0.1, 0.15) is 0 Å². The van der Waals surface area contributed by atoms with Gasteiger partial charge in [-0.05, 0) is 32.6 Å². The molecule has 1 unspecified atom stereocenters. The summed E-state index contributed by atoms with van der Waals surface area (Å²) >= 11 is 0. The molecule has 0 spiro atoms. The molecule has 1 atom stereocenters. The largest absolute Gasteiger partial charge is 0.478 e. The van der Waals surface area contributed by atoms with Crippen LogP contribution in [-0.2, 0) is 4.79 Å². The molecule has 0 amide bonds. The zero-order chi connectivity index (χ0) is 10.6. The Morgan fingerprint density at radius 2 is 2.29 bits per heavy atom. The molecule has 0 aliphatic heterocycles. The quantitative estimate of drug-likeness (QED) is 0.661. The first kappa shape index (κ1) is 11.2. The molecular weight excluding hydrogens is 178 g/mol. The van der Waals surface area contributed by atoms with Gasteiger partial charge in [-0.1, -0.05) is 12.5 Å². The van der Waals surface area contributed by atoms with Crippen LogP contribution in [0.2, 0.25) is 0 Å². The van der Waals surface area contributed by atoms with Gasteiger partial charge in [0, 0.05) is 18.2 Å². The number of carboxylic acids is 1. The second-order valence-corrected chi connectivity index (χ2v) is 4.08. The van der Waals surface area contributed by atoms with Gasteiger partial charge in [-0.15, -0.1) is 0 Å². The van der Waals surface area contributed by atoms with Crippen LogP contribution in [0.4, 0.5) is 0 Å². The third-order valence-corrected chi connectivity index (χ3v) is 3.04. The third-order valence-electron chi connectivity index (χ3n) is 3.04. The third kappa shape index (κ3) is 3.14. The Morgan fingerprint density at radius 3 is 2.71 bits per heavy atom. The summed E-state index contributed by atoms with van der Waals surface area (Å²) in [5.74, 6) is -0.0309. The van der Waals surface area contributed by atoms with Crippen LogP contribution < -0.4 is 5.32 Å². The number of carboxylic acid groups (broad SMARTS) is 1.